The standard InChI is InChI=1S/C12H19NO2S/c1-4-12(5-2,8-14)13-11(15)10-7-6-9(3)16-10/h6-7,14H,4-5,8H2,1-3H3,(H,13,15). The summed E-state index contributed by atoms with van der Waals surface area (Å²) >= 11 is 1.47. The van der Waals surface area contributed by atoms with Crippen LogP contribution in [-0.2, 0) is 0 Å². The predicted octanol–water partition coefficient (Wildman–Crippen LogP) is 2.34. The molecule has 1 heterocycles. The first-order valence-electron chi connectivity index (χ1n) is 5.56. The summed E-state index contributed by atoms with van der Waals surface area (Å²) in [4.78, 5) is 13.8. The molecular formula is C12H19NO2S. The van der Waals surface area contributed by atoms with E-state index in [9.17, 15) is 9.90 Å². The smallest absolute Gasteiger partial charge is 0.261 e. The van der Waals surface area contributed by atoms with Gasteiger partial charge >= 0.3 is 0 Å². The molecule has 4 heteroatoms. The molecule has 1 aromatic rings. The van der Waals surface area contributed by atoms with Crippen molar-refractivity contribution in [2.45, 2.75) is 39.2 Å². The van der Waals surface area contributed by atoms with E-state index >= 15 is 0 Å². The molecular weight excluding hydrogens is 222 g/mol. The van der Waals surface area contributed by atoms with Crippen LogP contribution in [0.2, 0.25) is 0 Å². The second kappa shape index (κ2) is 5.46. The van der Waals surface area contributed by atoms with E-state index in [0.717, 1.165) is 17.7 Å². The van der Waals surface area contributed by atoms with Crippen molar-refractivity contribution in [2.24, 2.45) is 0 Å². The van der Waals surface area contributed by atoms with Crippen molar-refractivity contribution in [1.29, 1.82) is 0 Å². The molecule has 0 fully saturated rings. The fraction of sp³-hybridized carbons (Fsp3) is 0.583. The van der Waals surface area contributed by atoms with Crippen molar-refractivity contribution in [3.8, 4) is 0 Å². The largest absolute Gasteiger partial charge is 0.394 e. The molecule has 1 amide bonds. The fourth-order valence-corrected chi connectivity index (χ4v) is 2.31. The molecule has 0 aliphatic heterocycles. The minimum absolute atomic E-state index is 0.0178. The van der Waals surface area contributed by atoms with E-state index in [-0.39, 0.29) is 12.5 Å². The first kappa shape index (κ1) is 13.2. The van der Waals surface area contributed by atoms with Gasteiger partial charge in [-0.25, -0.2) is 0 Å². The first-order valence-corrected chi connectivity index (χ1v) is 6.38. The third kappa shape index (κ3) is 2.83. The van der Waals surface area contributed by atoms with Gasteiger partial charge in [0.2, 0.25) is 0 Å². The summed E-state index contributed by atoms with van der Waals surface area (Å²) in [5.74, 6) is -0.0872. The maximum atomic E-state index is 11.9. The second-order valence-electron chi connectivity index (χ2n) is 4.01. The Balaban J connectivity index is 2.76. The Morgan fingerprint density at radius 3 is 2.44 bits per heavy atom. The third-order valence-corrected chi connectivity index (χ3v) is 4.00. The molecule has 0 saturated heterocycles. The molecule has 0 bridgehead atoms. The molecule has 3 nitrogen and oxygen atoms in total. The second-order valence-corrected chi connectivity index (χ2v) is 5.30. The molecule has 0 spiro atoms. The minimum Gasteiger partial charge on any atom is -0.394 e. The monoisotopic (exact) mass is 241 g/mol. The number of aliphatic hydroxyl groups excluding tert-OH is 1. The molecule has 90 valence electrons. The Morgan fingerprint density at radius 1 is 1.44 bits per heavy atom. The zero-order valence-electron chi connectivity index (χ0n) is 10.0. The van der Waals surface area contributed by atoms with E-state index in [1.54, 1.807) is 0 Å². The van der Waals surface area contributed by atoms with Crippen LogP contribution in [0.3, 0.4) is 0 Å². The number of thiophene rings is 1. The SMILES string of the molecule is CCC(CC)(CO)NC(=O)c1ccc(C)s1. The quantitative estimate of drug-likeness (QED) is 0.831. The molecule has 0 unspecified atom stereocenters. The zero-order chi connectivity index (χ0) is 12.2. The number of hydrogen-bond donors (Lipinski definition) is 2. The van der Waals surface area contributed by atoms with Gasteiger partial charge in [-0.1, -0.05) is 13.8 Å². The number of aryl methyl sites for hydroxylation is 1. The van der Waals surface area contributed by atoms with Gasteiger partial charge in [-0.2, -0.15) is 0 Å². The number of hydrogen-bond acceptors (Lipinski definition) is 3. The Kier molecular flexibility index (Phi) is 4.50. The van der Waals surface area contributed by atoms with E-state index in [1.807, 2.05) is 32.9 Å². The molecule has 16 heavy (non-hydrogen) atoms. The van der Waals surface area contributed by atoms with E-state index in [0.29, 0.717) is 4.88 Å². The molecule has 1 aromatic heterocycles. The Hall–Kier alpha value is -0.870. The van der Waals surface area contributed by atoms with Crippen LogP contribution in [0.1, 0.15) is 41.2 Å². The van der Waals surface area contributed by atoms with Crippen LogP contribution in [0.5, 0.6) is 0 Å². The highest BCUT2D eigenvalue weighted by molar-refractivity contribution is 7.13. The molecule has 1 rings (SSSR count). The van der Waals surface area contributed by atoms with Gasteiger partial charge < -0.3 is 10.4 Å². The first-order chi connectivity index (χ1) is 7.56. The topological polar surface area (TPSA) is 49.3 Å². The summed E-state index contributed by atoms with van der Waals surface area (Å²) in [6, 6.07) is 3.75. The number of nitrogens with one attached hydrogen (secondary N) is 1. The van der Waals surface area contributed by atoms with Crippen molar-refractivity contribution >= 4 is 17.2 Å². The van der Waals surface area contributed by atoms with E-state index in [4.69, 9.17) is 0 Å². The van der Waals surface area contributed by atoms with Crippen LogP contribution >= 0.6 is 11.3 Å². The molecule has 0 aromatic carbocycles. The molecule has 0 saturated carbocycles. The number of carbonyl (C=O) groups excluding carboxylic acids is 1. The van der Waals surface area contributed by atoms with Gasteiger partial charge in [0.1, 0.15) is 0 Å². The van der Waals surface area contributed by atoms with Crippen molar-refractivity contribution < 1.29 is 9.90 Å². The molecule has 0 aliphatic rings. The lowest BCUT2D eigenvalue weighted by Crippen LogP contribution is -2.50. The van der Waals surface area contributed by atoms with Crippen molar-refractivity contribution in [2.75, 3.05) is 6.61 Å². The normalized spacial score (nSPS) is 11.5. The van der Waals surface area contributed by atoms with Gasteiger partial charge in [0, 0.05) is 4.88 Å². The highest BCUT2D eigenvalue weighted by Crippen LogP contribution is 2.19. The Labute approximate surface area is 100 Å². The fourth-order valence-electron chi connectivity index (χ4n) is 1.55. The molecule has 2 N–H and O–H groups in total. The van der Waals surface area contributed by atoms with E-state index in [2.05, 4.69) is 5.32 Å². The number of amides is 1. The highest BCUT2D eigenvalue weighted by atomic mass is 32.1. The van der Waals surface area contributed by atoms with Gasteiger partial charge in [-0.3, -0.25) is 4.79 Å². The van der Waals surface area contributed by atoms with Crippen LogP contribution in [0, 0.1) is 6.92 Å². The van der Waals surface area contributed by atoms with Gasteiger partial charge in [-0.15, -0.1) is 11.3 Å². The summed E-state index contributed by atoms with van der Waals surface area (Å²) in [7, 11) is 0. The van der Waals surface area contributed by atoms with Crippen LogP contribution < -0.4 is 5.32 Å². The minimum atomic E-state index is -0.477. The Bertz CT molecular complexity index is 347. The van der Waals surface area contributed by atoms with Gasteiger partial charge in [0.25, 0.3) is 5.91 Å². The molecule has 0 radical (unpaired) electrons. The lowest BCUT2D eigenvalue weighted by Gasteiger charge is -2.30. The summed E-state index contributed by atoms with van der Waals surface area (Å²) in [6.07, 6.45) is 1.46. The van der Waals surface area contributed by atoms with Gasteiger partial charge in [0.05, 0.1) is 17.0 Å². The lowest BCUT2D eigenvalue weighted by atomic mass is 9.94. The van der Waals surface area contributed by atoms with E-state index in [1.165, 1.54) is 11.3 Å². The number of aliphatic hydroxyl groups is 1. The average molecular weight is 241 g/mol. The zero-order valence-corrected chi connectivity index (χ0v) is 10.9. The van der Waals surface area contributed by atoms with Crippen molar-refractivity contribution in [3.05, 3.63) is 21.9 Å². The maximum absolute atomic E-state index is 11.9. The average Bonchev–Trinajstić information content (AvgIpc) is 2.73. The van der Waals surface area contributed by atoms with Crippen LogP contribution in [0.15, 0.2) is 12.1 Å². The maximum Gasteiger partial charge on any atom is 0.261 e. The van der Waals surface area contributed by atoms with Crippen LogP contribution in [0.25, 0.3) is 0 Å². The van der Waals surface area contributed by atoms with E-state index < -0.39 is 5.54 Å². The summed E-state index contributed by atoms with van der Waals surface area (Å²) in [6.45, 7) is 5.90. The summed E-state index contributed by atoms with van der Waals surface area (Å²) < 4.78 is 0. The Morgan fingerprint density at radius 2 is 2.06 bits per heavy atom. The van der Waals surface area contributed by atoms with Crippen molar-refractivity contribution in [1.82, 2.24) is 5.32 Å². The molecule has 0 aliphatic carbocycles. The van der Waals surface area contributed by atoms with Gasteiger partial charge in [-0.05, 0) is 31.9 Å². The third-order valence-electron chi connectivity index (χ3n) is 3.00. The predicted molar refractivity (Wildman–Crippen MR) is 66.9 cm³/mol. The van der Waals surface area contributed by atoms with Crippen LogP contribution in [-0.4, -0.2) is 23.2 Å². The highest BCUT2D eigenvalue weighted by Gasteiger charge is 2.27. The molecule has 0 atom stereocenters. The van der Waals surface area contributed by atoms with Crippen LogP contribution in [0.4, 0.5) is 0 Å². The summed E-state index contributed by atoms with van der Waals surface area (Å²) in [5.41, 5.74) is -0.477. The van der Waals surface area contributed by atoms with Gasteiger partial charge in [0.15, 0.2) is 0 Å². The number of carbonyl (C=O) groups is 1. The lowest BCUT2D eigenvalue weighted by molar-refractivity contribution is 0.0822. The van der Waals surface area contributed by atoms with Crippen molar-refractivity contribution in [3.63, 3.8) is 0 Å². The summed E-state index contributed by atoms with van der Waals surface area (Å²) in [5, 5.41) is 12.3. The number of rotatable bonds is 5.